The van der Waals surface area contributed by atoms with Crippen molar-refractivity contribution in [2.24, 2.45) is 5.41 Å². The number of amides is 2. The molecule has 8 heteroatoms. The fourth-order valence-electron chi connectivity index (χ4n) is 3.53. The largest absolute Gasteiger partial charge is 0.471 e. The Labute approximate surface area is 143 Å². The van der Waals surface area contributed by atoms with E-state index >= 15 is 0 Å². The van der Waals surface area contributed by atoms with E-state index < -0.39 is 41.6 Å². The van der Waals surface area contributed by atoms with Crippen molar-refractivity contribution in [1.29, 1.82) is 0 Å². The van der Waals surface area contributed by atoms with Gasteiger partial charge < -0.3 is 15.3 Å². The third kappa shape index (κ3) is 4.05. The Kier molecular flexibility index (Phi) is 5.02. The quantitative estimate of drug-likeness (QED) is 0.853. The van der Waals surface area contributed by atoms with E-state index in [2.05, 4.69) is 0 Å². The number of benzene rings is 1. The second-order valence-corrected chi connectivity index (χ2v) is 7.26. The van der Waals surface area contributed by atoms with Crippen LogP contribution >= 0.6 is 0 Å². The van der Waals surface area contributed by atoms with Crippen LogP contribution in [0.3, 0.4) is 0 Å². The van der Waals surface area contributed by atoms with Crippen LogP contribution in [-0.4, -0.2) is 46.8 Å². The highest BCUT2D eigenvalue weighted by Crippen LogP contribution is 2.43. The summed E-state index contributed by atoms with van der Waals surface area (Å²) in [5.74, 6) is -2.64. The lowest BCUT2D eigenvalue weighted by Gasteiger charge is -2.37. The van der Waals surface area contributed by atoms with E-state index in [4.69, 9.17) is 0 Å². The molecule has 1 aliphatic rings. The zero-order valence-corrected chi connectivity index (χ0v) is 14.2. The maximum Gasteiger partial charge on any atom is 0.471 e. The molecule has 2 N–H and O–H groups in total. The Bertz CT molecular complexity index is 641. The smallest absolute Gasteiger partial charge is 0.465 e. The summed E-state index contributed by atoms with van der Waals surface area (Å²) < 4.78 is 38.0. The van der Waals surface area contributed by atoms with Crippen LogP contribution in [0.1, 0.15) is 32.3 Å². The van der Waals surface area contributed by atoms with Crippen molar-refractivity contribution in [3.05, 3.63) is 35.9 Å². The average molecular weight is 358 g/mol. The molecule has 1 saturated heterocycles. The van der Waals surface area contributed by atoms with Gasteiger partial charge in [-0.2, -0.15) is 13.2 Å². The van der Waals surface area contributed by atoms with Gasteiger partial charge in [-0.25, -0.2) is 4.79 Å². The van der Waals surface area contributed by atoms with Crippen LogP contribution in [0.2, 0.25) is 0 Å². The zero-order valence-electron chi connectivity index (χ0n) is 14.2. The molecule has 1 aromatic carbocycles. The summed E-state index contributed by atoms with van der Waals surface area (Å²) in [4.78, 5) is 24.2. The van der Waals surface area contributed by atoms with Gasteiger partial charge in [0.1, 0.15) is 0 Å². The van der Waals surface area contributed by atoms with E-state index in [9.17, 15) is 27.9 Å². The van der Waals surface area contributed by atoms with Gasteiger partial charge in [-0.1, -0.05) is 51.1 Å². The molecule has 0 radical (unpaired) electrons. The van der Waals surface area contributed by atoms with Crippen molar-refractivity contribution in [3.8, 4) is 0 Å². The van der Waals surface area contributed by atoms with Crippen LogP contribution in [-0.2, 0) is 4.79 Å². The lowest BCUT2D eigenvalue weighted by atomic mass is 9.75. The molecule has 1 aromatic rings. The number of nitrogens with zero attached hydrogens (tertiary/aromatic N) is 1. The Morgan fingerprint density at radius 3 is 2.16 bits per heavy atom. The minimum Gasteiger partial charge on any atom is -0.465 e. The van der Waals surface area contributed by atoms with Gasteiger partial charge in [-0.15, -0.1) is 0 Å². The summed E-state index contributed by atoms with van der Waals surface area (Å²) in [6, 6.07) is 7.18. The molecule has 0 aliphatic carbocycles. The molecule has 138 valence electrons. The number of carbonyl (C=O) groups is 2. The Balaban J connectivity index is 2.46. The van der Waals surface area contributed by atoms with Crippen LogP contribution in [0.5, 0.6) is 0 Å². The molecule has 1 heterocycles. The molecule has 25 heavy (non-hydrogen) atoms. The van der Waals surface area contributed by atoms with Gasteiger partial charge in [0, 0.05) is 18.5 Å². The number of rotatable bonds is 2. The summed E-state index contributed by atoms with van der Waals surface area (Å²) in [5.41, 5.74) is 0.162. The molecule has 3 unspecified atom stereocenters. The Morgan fingerprint density at radius 2 is 1.72 bits per heavy atom. The number of hydrogen-bond donors (Lipinski definition) is 2. The van der Waals surface area contributed by atoms with Crippen molar-refractivity contribution in [2.75, 3.05) is 6.54 Å². The molecule has 5 nitrogen and oxygen atoms in total. The van der Waals surface area contributed by atoms with Gasteiger partial charge in [0.15, 0.2) is 0 Å². The topological polar surface area (TPSA) is 69.6 Å². The summed E-state index contributed by atoms with van der Waals surface area (Å²) in [5, 5.41) is 11.5. The highest BCUT2D eigenvalue weighted by molar-refractivity contribution is 5.82. The molecule has 0 bridgehead atoms. The predicted octanol–water partition coefficient (Wildman–Crippen LogP) is 3.23. The van der Waals surface area contributed by atoms with Gasteiger partial charge in [-0.05, 0) is 11.0 Å². The number of carboxylic acid groups (broad SMARTS) is 1. The third-order valence-electron chi connectivity index (χ3n) is 4.39. The highest BCUT2D eigenvalue weighted by atomic mass is 19.4. The molecule has 0 spiro atoms. The van der Waals surface area contributed by atoms with E-state index in [1.807, 2.05) is 26.1 Å². The predicted molar refractivity (Wildman–Crippen MR) is 85.1 cm³/mol. The fourth-order valence-corrected chi connectivity index (χ4v) is 3.53. The molecular formula is C17H21F3N2O3. The molecule has 1 fully saturated rings. The maximum absolute atomic E-state index is 12.7. The van der Waals surface area contributed by atoms with Crippen LogP contribution in [0, 0.1) is 5.41 Å². The first-order chi connectivity index (χ1) is 11.4. The third-order valence-corrected chi connectivity index (χ3v) is 4.39. The second-order valence-electron chi connectivity index (χ2n) is 7.26. The number of nitrogens with one attached hydrogen (secondary N) is 1. The molecular weight excluding hydrogens is 337 g/mol. The van der Waals surface area contributed by atoms with Gasteiger partial charge >= 0.3 is 18.2 Å². The molecule has 2 rings (SSSR count). The van der Waals surface area contributed by atoms with Gasteiger partial charge in [0.05, 0.1) is 6.04 Å². The molecule has 0 saturated carbocycles. The summed E-state index contributed by atoms with van der Waals surface area (Å²) >= 11 is 0. The van der Waals surface area contributed by atoms with E-state index in [1.54, 1.807) is 30.3 Å². The Hall–Kier alpha value is -2.25. The summed E-state index contributed by atoms with van der Waals surface area (Å²) in [6.45, 7) is 5.30. The van der Waals surface area contributed by atoms with E-state index in [0.29, 0.717) is 5.56 Å². The van der Waals surface area contributed by atoms with Gasteiger partial charge in [0.2, 0.25) is 0 Å². The Morgan fingerprint density at radius 1 is 1.16 bits per heavy atom. The molecule has 3 atom stereocenters. The van der Waals surface area contributed by atoms with Gasteiger partial charge in [0.25, 0.3) is 0 Å². The lowest BCUT2D eigenvalue weighted by molar-refractivity contribution is -0.174. The minimum absolute atomic E-state index is 0.196. The number of likely N-dealkylation sites (tertiary alicyclic amines) is 1. The number of alkyl halides is 3. The average Bonchev–Trinajstić information content (AvgIpc) is 2.86. The van der Waals surface area contributed by atoms with Gasteiger partial charge in [-0.3, -0.25) is 4.79 Å². The zero-order chi connectivity index (χ0) is 19.0. The number of carbonyl (C=O) groups excluding carboxylic acids is 1. The van der Waals surface area contributed by atoms with Crippen LogP contribution in [0.25, 0.3) is 0 Å². The van der Waals surface area contributed by atoms with E-state index in [0.717, 1.165) is 4.90 Å². The van der Waals surface area contributed by atoms with Crippen molar-refractivity contribution >= 4 is 12.0 Å². The van der Waals surface area contributed by atoms with Crippen LogP contribution in [0.15, 0.2) is 30.3 Å². The van der Waals surface area contributed by atoms with E-state index in [1.165, 1.54) is 0 Å². The summed E-state index contributed by atoms with van der Waals surface area (Å²) in [6.07, 6.45) is -6.24. The normalized spacial score (nSPS) is 24.2. The fraction of sp³-hybridized carbons (Fsp3) is 0.529. The second kappa shape index (κ2) is 6.57. The summed E-state index contributed by atoms with van der Waals surface area (Å²) in [7, 11) is 0. The van der Waals surface area contributed by atoms with Crippen LogP contribution in [0.4, 0.5) is 18.0 Å². The highest BCUT2D eigenvalue weighted by Gasteiger charge is 2.52. The van der Waals surface area contributed by atoms with Crippen LogP contribution < -0.4 is 5.32 Å². The van der Waals surface area contributed by atoms with Crippen molar-refractivity contribution < 1.29 is 27.9 Å². The molecule has 2 amide bonds. The van der Waals surface area contributed by atoms with Crippen molar-refractivity contribution in [2.45, 2.75) is 44.9 Å². The molecule has 1 aliphatic heterocycles. The number of hydrogen-bond acceptors (Lipinski definition) is 2. The first-order valence-electron chi connectivity index (χ1n) is 7.85. The van der Waals surface area contributed by atoms with Crippen molar-refractivity contribution in [3.63, 3.8) is 0 Å². The van der Waals surface area contributed by atoms with Crippen molar-refractivity contribution in [1.82, 2.24) is 10.2 Å². The minimum atomic E-state index is -5.02. The standard InChI is InChI=1S/C17H21F3N2O3/c1-16(2,3)13-12(10-7-5-4-6-8-10)11(9-22(13)15(24)25)21-14(23)17(18,19)20/h4-8,11-13H,9H2,1-3H3,(H,21,23)(H,24,25). The van der Waals surface area contributed by atoms with E-state index in [-0.39, 0.29) is 6.54 Å². The first-order valence-corrected chi connectivity index (χ1v) is 7.85. The number of halogens is 3. The lowest BCUT2D eigenvalue weighted by Crippen LogP contribution is -2.47. The first kappa shape index (κ1) is 19.1. The maximum atomic E-state index is 12.7. The SMILES string of the molecule is CC(C)(C)C1C(c2ccccc2)C(NC(=O)C(F)(F)F)CN1C(=O)O. The molecule has 0 aromatic heterocycles. The monoisotopic (exact) mass is 358 g/mol.